The first-order valence-electron chi connectivity index (χ1n) is 6.75. The first-order chi connectivity index (χ1) is 9.60. The van der Waals surface area contributed by atoms with Gasteiger partial charge in [0.05, 0.1) is 5.56 Å². The Morgan fingerprint density at radius 1 is 1.10 bits per heavy atom. The number of rotatable bonds is 5. The average Bonchev–Trinajstić information content (AvgIpc) is 2.46. The molecule has 0 bridgehead atoms. The smallest absolute Gasteiger partial charge is 0.337 e. The van der Waals surface area contributed by atoms with Gasteiger partial charge in [0, 0.05) is 12.2 Å². The summed E-state index contributed by atoms with van der Waals surface area (Å²) in [6.07, 6.45) is 1.02. The lowest BCUT2D eigenvalue weighted by atomic mass is 10.1. The molecule has 104 valence electrons. The number of benzene rings is 2. The average molecular weight is 269 g/mol. The first kappa shape index (κ1) is 14.1. The fourth-order valence-corrected chi connectivity index (χ4v) is 2.08. The number of carboxylic acids is 1. The van der Waals surface area contributed by atoms with Crippen molar-refractivity contribution in [1.29, 1.82) is 0 Å². The lowest BCUT2D eigenvalue weighted by Gasteiger charge is -2.11. The van der Waals surface area contributed by atoms with Crippen molar-refractivity contribution in [2.24, 2.45) is 0 Å². The second kappa shape index (κ2) is 6.24. The van der Waals surface area contributed by atoms with Gasteiger partial charge >= 0.3 is 5.97 Å². The van der Waals surface area contributed by atoms with E-state index in [0.29, 0.717) is 17.8 Å². The Balaban J connectivity index is 2.12. The second-order valence-electron chi connectivity index (χ2n) is 4.88. The molecule has 0 aromatic heterocycles. The van der Waals surface area contributed by atoms with Crippen LogP contribution in [0.3, 0.4) is 0 Å². The summed E-state index contributed by atoms with van der Waals surface area (Å²) in [6.45, 7) is 4.63. The summed E-state index contributed by atoms with van der Waals surface area (Å²) in [7, 11) is 0. The first-order valence-corrected chi connectivity index (χ1v) is 6.75. The van der Waals surface area contributed by atoms with Crippen LogP contribution in [0.2, 0.25) is 0 Å². The standard InChI is InChI=1S/C17H19NO2/c1-3-13-5-7-14(8-6-13)11-18-16-9-4-12(2)10-15(16)17(19)20/h4-10,18H,3,11H2,1-2H3,(H,19,20). The number of hydrogen-bond acceptors (Lipinski definition) is 2. The molecule has 0 aliphatic heterocycles. The van der Waals surface area contributed by atoms with E-state index < -0.39 is 5.97 Å². The van der Waals surface area contributed by atoms with Crippen molar-refractivity contribution in [3.8, 4) is 0 Å². The van der Waals surface area contributed by atoms with Crippen molar-refractivity contribution < 1.29 is 9.90 Å². The molecular formula is C17H19NO2. The van der Waals surface area contributed by atoms with Gasteiger partial charge in [0.15, 0.2) is 0 Å². The summed E-state index contributed by atoms with van der Waals surface area (Å²) in [6, 6.07) is 13.8. The van der Waals surface area contributed by atoms with E-state index in [4.69, 9.17) is 0 Å². The van der Waals surface area contributed by atoms with Gasteiger partial charge in [0.2, 0.25) is 0 Å². The van der Waals surface area contributed by atoms with Crippen molar-refractivity contribution >= 4 is 11.7 Å². The molecule has 2 N–H and O–H groups in total. The van der Waals surface area contributed by atoms with Crippen LogP contribution in [0.4, 0.5) is 5.69 Å². The van der Waals surface area contributed by atoms with Crippen LogP contribution < -0.4 is 5.32 Å². The minimum atomic E-state index is -0.905. The molecule has 2 rings (SSSR count). The van der Waals surface area contributed by atoms with Gasteiger partial charge in [-0.25, -0.2) is 4.79 Å². The molecule has 2 aromatic carbocycles. The van der Waals surface area contributed by atoms with Crippen LogP contribution in [0.1, 0.15) is 34.0 Å². The van der Waals surface area contributed by atoms with Gasteiger partial charge in [-0.2, -0.15) is 0 Å². The molecule has 0 fully saturated rings. The molecule has 0 saturated heterocycles. The SMILES string of the molecule is CCc1ccc(CNc2ccc(C)cc2C(=O)O)cc1. The van der Waals surface area contributed by atoms with E-state index in [1.54, 1.807) is 6.07 Å². The highest BCUT2D eigenvalue weighted by Gasteiger charge is 2.09. The Morgan fingerprint density at radius 3 is 2.35 bits per heavy atom. The summed E-state index contributed by atoms with van der Waals surface area (Å²) >= 11 is 0. The predicted molar refractivity (Wildman–Crippen MR) is 81.3 cm³/mol. The van der Waals surface area contributed by atoms with Gasteiger partial charge in [-0.1, -0.05) is 42.8 Å². The Bertz CT molecular complexity index is 603. The number of aryl methyl sites for hydroxylation is 2. The van der Waals surface area contributed by atoms with Crippen molar-refractivity contribution in [1.82, 2.24) is 0 Å². The molecule has 0 aliphatic rings. The number of nitrogens with one attached hydrogen (secondary N) is 1. The van der Waals surface area contributed by atoms with Crippen LogP contribution in [0.5, 0.6) is 0 Å². The molecule has 0 amide bonds. The van der Waals surface area contributed by atoms with Gasteiger partial charge in [0.1, 0.15) is 0 Å². The molecule has 0 radical (unpaired) electrons. The van der Waals surface area contributed by atoms with E-state index in [0.717, 1.165) is 17.5 Å². The quantitative estimate of drug-likeness (QED) is 0.866. The number of hydrogen-bond donors (Lipinski definition) is 2. The fraction of sp³-hybridized carbons (Fsp3) is 0.235. The van der Waals surface area contributed by atoms with Crippen LogP contribution in [-0.4, -0.2) is 11.1 Å². The van der Waals surface area contributed by atoms with Gasteiger partial charge in [-0.15, -0.1) is 0 Å². The third-order valence-electron chi connectivity index (χ3n) is 3.32. The molecule has 0 atom stereocenters. The van der Waals surface area contributed by atoms with Crippen molar-refractivity contribution in [3.05, 3.63) is 64.7 Å². The minimum absolute atomic E-state index is 0.315. The Hall–Kier alpha value is -2.29. The number of carboxylic acid groups (broad SMARTS) is 1. The zero-order valence-corrected chi connectivity index (χ0v) is 11.8. The van der Waals surface area contributed by atoms with Gasteiger partial charge in [0.25, 0.3) is 0 Å². The van der Waals surface area contributed by atoms with E-state index in [1.807, 2.05) is 19.1 Å². The number of aromatic carboxylic acids is 1. The van der Waals surface area contributed by atoms with E-state index in [2.05, 4.69) is 36.5 Å². The van der Waals surface area contributed by atoms with E-state index >= 15 is 0 Å². The summed E-state index contributed by atoms with van der Waals surface area (Å²) < 4.78 is 0. The van der Waals surface area contributed by atoms with Crippen molar-refractivity contribution in [2.45, 2.75) is 26.8 Å². The fourth-order valence-electron chi connectivity index (χ4n) is 2.08. The summed E-state index contributed by atoms with van der Waals surface area (Å²) in [5, 5.41) is 12.4. The Morgan fingerprint density at radius 2 is 1.75 bits per heavy atom. The molecule has 20 heavy (non-hydrogen) atoms. The van der Waals surface area contributed by atoms with Gasteiger partial charge < -0.3 is 10.4 Å². The molecule has 0 aliphatic carbocycles. The largest absolute Gasteiger partial charge is 0.478 e. The molecular weight excluding hydrogens is 250 g/mol. The van der Waals surface area contributed by atoms with Crippen molar-refractivity contribution in [2.75, 3.05) is 5.32 Å². The van der Waals surface area contributed by atoms with E-state index in [1.165, 1.54) is 5.56 Å². The van der Waals surface area contributed by atoms with E-state index in [9.17, 15) is 9.90 Å². The molecule has 3 nitrogen and oxygen atoms in total. The van der Waals surface area contributed by atoms with Crippen LogP contribution in [0.25, 0.3) is 0 Å². The van der Waals surface area contributed by atoms with Crippen LogP contribution >= 0.6 is 0 Å². The Labute approximate surface area is 119 Å². The van der Waals surface area contributed by atoms with Gasteiger partial charge in [-0.3, -0.25) is 0 Å². The van der Waals surface area contributed by atoms with Crippen LogP contribution in [0, 0.1) is 6.92 Å². The van der Waals surface area contributed by atoms with Gasteiger partial charge in [-0.05, 0) is 36.6 Å². The highest BCUT2D eigenvalue weighted by molar-refractivity contribution is 5.94. The molecule has 0 saturated carbocycles. The zero-order chi connectivity index (χ0) is 14.5. The number of anilines is 1. The molecule has 3 heteroatoms. The van der Waals surface area contributed by atoms with Crippen molar-refractivity contribution in [3.63, 3.8) is 0 Å². The zero-order valence-electron chi connectivity index (χ0n) is 11.8. The number of carbonyl (C=O) groups is 1. The summed E-state index contributed by atoms with van der Waals surface area (Å²) in [5.74, 6) is -0.905. The highest BCUT2D eigenvalue weighted by atomic mass is 16.4. The van der Waals surface area contributed by atoms with E-state index in [-0.39, 0.29) is 0 Å². The summed E-state index contributed by atoms with van der Waals surface area (Å²) in [4.78, 5) is 11.2. The summed E-state index contributed by atoms with van der Waals surface area (Å²) in [5.41, 5.74) is 4.35. The third-order valence-corrected chi connectivity index (χ3v) is 3.32. The highest BCUT2D eigenvalue weighted by Crippen LogP contribution is 2.18. The lowest BCUT2D eigenvalue weighted by Crippen LogP contribution is -2.06. The topological polar surface area (TPSA) is 49.3 Å². The maximum absolute atomic E-state index is 11.2. The maximum Gasteiger partial charge on any atom is 0.337 e. The lowest BCUT2D eigenvalue weighted by molar-refractivity contribution is 0.0698. The minimum Gasteiger partial charge on any atom is -0.478 e. The predicted octanol–water partition coefficient (Wildman–Crippen LogP) is 3.87. The Kier molecular flexibility index (Phi) is 4.41. The molecule has 2 aromatic rings. The molecule has 0 unspecified atom stereocenters. The third kappa shape index (κ3) is 3.38. The maximum atomic E-state index is 11.2. The molecule has 0 spiro atoms. The van der Waals surface area contributed by atoms with Crippen LogP contribution in [0.15, 0.2) is 42.5 Å². The van der Waals surface area contributed by atoms with Crippen LogP contribution in [-0.2, 0) is 13.0 Å². The molecule has 0 heterocycles. The second-order valence-corrected chi connectivity index (χ2v) is 4.88. The monoisotopic (exact) mass is 269 g/mol. The normalized spacial score (nSPS) is 10.3.